The number of ketones is 1. The standard InChI is InChI=1S/C17H14N2O5/c1-23-16-8-13(14(19(21)22)9-17(16)24-2)7-15(20)12-5-3-11(10-18)4-6-12/h3-6,8-9H,7H2,1-2H3. The number of hydrogen-bond donors (Lipinski definition) is 0. The molecule has 2 aromatic carbocycles. The van der Waals surface area contributed by atoms with Crippen LogP contribution < -0.4 is 9.47 Å². The third kappa shape index (κ3) is 3.50. The Labute approximate surface area is 138 Å². The highest BCUT2D eigenvalue weighted by Crippen LogP contribution is 2.35. The number of carbonyl (C=O) groups excluding carboxylic acids is 1. The Balaban J connectivity index is 2.38. The zero-order valence-electron chi connectivity index (χ0n) is 13.1. The van der Waals surface area contributed by atoms with Crippen LogP contribution in [-0.4, -0.2) is 24.9 Å². The fourth-order valence-electron chi connectivity index (χ4n) is 2.23. The summed E-state index contributed by atoms with van der Waals surface area (Å²) in [7, 11) is 2.79. The lowest BCUT2D eigenvalue weighted by atomic mass is 10.0. The number of nitro groups is 1. The summed E-state index contributed by atoms with van der Waals surface area (Å²) in [4.78, 5) is 23.1. The second-order valence-corrected chi connectivity index (χ2v) is 4.88. The molecule has 0 aliphatic heterocycles. The van der Waals surface area contributed by atoms with Crippen molar-refractivity contribution in [2.75, 3.05) is 14.2 Å². The minimum absolute atomic E-state index is 0.164. The predicted molar refractivity (Wildman–Crippen MR) is 85.4 cm³/mol. The van der Waals surface area contributed by atoms with Crippen molar-refractivity contribution in [2.45, 2.75) is 6.42 Å². The van der Waals surface area contributed by atoms with Crippen LogP contribution in [-0.2, 0) is 6.42 Å². The zero-order valence-corrected chi connectivity index (χ0v) is 13.1. The van der Waals surface area contributed by atoms with Crippen LogP contribution in [0.2, 0.25) is 0 Å². The van der Waals surface area contributed by atoms with Gasteiger partial charge in [-0.05, 0) is 18.2 Å². The molecule has 0 radical (unpaired) electrons. The van der Waals surface area contributed by atoms with E-state index in [0.717, 1.165) is 0 Å². The first kappa shape index (κ1) is 17.0. The van der Waals surface area contributed by atoms with Gasteiger partial charge in [-0.1, -0.05) is 12.1 Å². The molecule has 0 bridgehead atoms. The highest BCUT2D eigenvalue weighted by Gasteiger charge is 2.22. The molecule has 0 amide bonds. The predicted octanol–water partition coefficient (Wildman–Crippen LogP) is 2.91. The summed E-state index contributed by atoms with van der Waals surface area (Å²) in [6.07, 6.45) is -0.164. The van der Waals surface area contributed by atoms with Crippen LogP contribution in [0.25, 0.3) is 0 Å². The van der Waals surface area contributed by atoms with Gasteiger partial charge < -0.3 is 9.47 Å². The summed E-state index contributed by atoms with van der Waals surface area (Å²) < 4.78 is 10.2. The molecule has 0 N–H and O–H groups in total. The van der Waals surface area contributed by atoms with Crippen molar-refractivity contribution in [2.24, 2.45) is 0 Å². The molecule has 7 nitrogen and oxygen atoms in total. The lowest BCUT2D eigenvalue weighted by molar-refractivity contribution is -0.385. The van der Waals surface area contributed by atoms with Gasteiger partial charge in [0.2, 0.25) is 0 Å². The lowest BCUT2D eigenvalue weighted by Gasteiger charge is -2.10. The Morgan fingerprint density at radius 2 is 1.75 bits per heavy atom. The number of rotatable bonds is 6. The smallest absolute Gasteiger partial charge is 0.277 e. The summed E-state index contributed by atoms with van der Waals surface area (Å²) in [5.74, 6) is 0.235. The molecule has 2 rings (SSSR count). The fourth-order valence-corrected chi connectivity index (χ4v) is 2.23. The normalized spacial score (nSPS) is 9.88. The minimum Gasteiger partial charge on any atom is -0.493 e. The van der Waals surface area contributed by atoms with Gasteiger partial charge in [-0.2, -0.15) is 5.26 Å². The maximum absolute atomic E-state index is 12.4. The van der Waals surface area contributed by atoms with Crippen LogP contribution in [0, 0.1) is 21.4 Å². The molecule has 0 aromatic heterocycles. The number of methoxy groups -OCH3 is 2. The highest BCUT2D eigenvalue weighted by molar-refractivity contribution is 5.98. The van der Waals surface area contributed by atoms with Crippen LogP contribution >= 0.6 is 0 Å². The zero-order chi connectivity index (χ0) is 17.7. The van der Waals surface area contributed by atoms with Crippen LogP contribution in [0.1, 0.15) is 21.5 Å². The van der Waals surface area contributed by atoms with E-state index in [1.165, 1.54) is 50.6 Å². The van der Waals surface area contributed by atoms with E-state index in [2.05, 4.69) is 0 Å². The summed E-state index contributed by atoms with van der Waals surface area (Å²) in [5.41, 5.74) is 0.823. The van der Waals surface area contributed by atoms with E-state index in [4.69, 9.17) is 14.7 Å². The number of nitrogens with zero attached hydrogens (tertiary/aromatic N) is 2. The summed E-state index contributed by atoms with van der Waals surface area (Å²) in [6, 6.07) is 10.7. The van der Waals surface area contributed by atoms with Crippen molar-refractivity contribution in [1.82, 2.24) is 0 Å². The van der Waals surface area contributed by atoms with Gasteiger partial charge in [0.05, 0.1) is 36.8 Å². The van der Waals surface area contributed by atoms with Crippen LogP contribution in [0.3, 0.4) is 0 Å². The third-order valence-corrected chi connectivity index (χ3v) is 3.47. The topological polar surface area (TPSA) is 102 Å². The minimum atomic E-state index is -0.566. The van der Waals surface area contributed by atoms with E-state index in [1.807, 2.05) is 6.07 Å². The summed E-state index contributed by atoms with van der Waals surface area (Å²) >= 11 is 0. The number of nitro benzene ring substituents is 1. The second-order valence-electron chi connectivity index (χ2n) is 4.88. The van der Waals surface area contributed by atoms with E-state index in [1.54, 1.807) is 0 Å². The Morgan fingerprint density at radius 3 is 2.25 bits per heavy atom. The first-order chi connectivity index (χ1) is 11.5. The van der Waals surface area contributed by atoms with Crippen LogP contribution in [0.4, 0.5) is 5.69 Å². The number of carbonyl (C=O) groups is 1. The van der Waals surface area contributed by atoms with Crippen molar-refractivity contribution < 1.29 is 19.2 Å². The molecule has 0 fully saturated rings. The number of hydrogen-bond acceptors (Lipinski definition) is 6. The quantitative estimate of drug-likeness (QED) is 0.459. The van der Waals surface area contributed by atoms with Crippen molar-refractivity contribution in [3.63, 3.8) is 0 Å². The number of Topliss-reactive ketones (excluding diaryl/α,β-unsaturated/α-hetero) is 1. The van der Waals surface area contributed by atoms with Gasteiger partial charge in [-0.3, -0.25) is 14.9 Å². The van der Waals surface area contributed by atoms with E-state index in [-0.39, 0.29) is 29.2 Å². The van der Waals surface area contributed by atoms with Crippen molar-refractivity contribution in [3.8, 4) is 17.6 Å². The maximum atomic E-state index is 12.4. The Bertz CT molecular complexity index is 822. The molecule has 0 saturated carbocycles. The molecule has 0 spiro atoms. The number of nitriles is 1. The van der Waals surface area contributed by atoms with Crippen LogP contribution in [0.15, 0.2) is 36.4 Å². The molecule has 0 aliphatic rings. The number of benzene rings is 2. The molecule has 0 saturated heterocycles. The molecular formula is C17H14N2O5. The summed E-state index contributed by atoms with van der Waals surface area (Å²) in [5, 5.41) is 20.0. The lowest BCUT2D eigenvalue weighted by Crippen LogP contribution is -2.07. The van der Waals surface area contributed by atoms with Gasteiger partial charge in [-0.25, -0.2) is 0 Å². The van der Waals surface area contributed by atoms with Gasteiger partial charge in [0, 0.05) is 17.5 Å². The van der Waals surface area contributed by atoms with E-state index >= 15 is 0 Å². The van der Waals surface area contributed by atoms with E-state index < -0.39 is 4.92 Å². The van der Waals surface area contributed by atoms with Crippen molar-refractivity contribution in [1.29, 1.82) is 5.26 Å². The molecule has 0 aliphatic carbocycles. The van der Waals surface area contributed by atoms with Crippen LogP contribution in [0.5, 0.6) is 11.5 Å². The second kappa shape index (κ2) is 7.24. The van der Waals surface area contributed by atoms with Gasteiger partial charge in [-0.15, -0.1) is 0 Å². The maximum Gasteiger partial charge on any atom is 0.277 e. The SMILES string of the molecule is COc1cc(CC(=O)c2ccc(C#N)cc2)c([N+](=O)[O-])cc1OC. The van der Waals surface area contributed by atoms with Crippen molar-refractivity contribution >= 4 is 11.5 Å². The largest absolute Gasteiger partial charge is 0.493 e. The van der Waals surface area contributed by atoms with Gasteiger partial charge >= 0.3 is 0 Å². The molecule has 7 heteroatoms. The Morgan fingerprint density at radius 1 is 1.17 bits per heavy atom. The van der Waals surface area contributed by atoms with Gasteiger partial charge in [0.15, 0.2) is 17.3 Å². The third-order valence-electron chi connectivity index (χ3n) is 3.47. The summed E-state index contributed by atoms with van der Waals surface area (Å²) in [6.45, 7) is 0. The average molecular weight is 326 g/mol. The Hall–Kier alpha value is -3.40. The van der Waals surface area contributed by atoms with E-state index in [9.17, 15) is 14.9 Å². The van der Waals surface area contributed by atoms with Crippen molar-refractivity contribution in [3.05, 3.63) is 63.2 Å². The molecular weight excluding hydrogens is 312 g/mol. The van der Waals surface area contributed by atoms with Gasteiger partial charge in [0.25, 0.3) is 5.69 Å². The molecule has 2 aromatic rings. The fraction of sp³-hybridized carbons (Fsp3) is 0.176. The Kier molecular flexibility index (Phi) is 5.12. The average Bonchev–Trinajstić information content (AvgIpc) is 2.61. The van der Waals surface area contributed by atoms with Gasteiger partial charge in [0.1, 0.15) is 0 Å². The number of ether oxygens (including phenoxy) is 2. The molecule has 0 atom stereocenters. The first-order valence-corrected chi connectivity index (χ1v) is 6.92. The molecule has 24 heavy (non-hydrogen) atoms. The highest BCUT2D eigenvalue weighted by atomic mass is 16.6. The molecule has 122 valence electrons. The monoisotopic (exact) mass is 326 g/mol. The first-order valence-electron chi connectivity index (χ1n) is 6.92. The molecule has 0 unspecified atom stereocenters. The molecule has 0 heterocycles. The van der Waals surface area contributed by atoms with E-state index in [0.29, 0.717) is 16.9 Å².